The molecule has 2 aromatic heterocycles. The van der Waals surface area contributed by atoms with Crippen LogP contribution in [0.5, 0.6) is 0 Å². The highest BCUT2D eigenvalue weighted by Gasteiger charge is 2.25. The van der Waals surface area contributed by atoms with Gasteiger partial charge in [-0.05, 0) is 30.2 Å². The van der Waals surface area contributed by atoms with E-state index in [0.29, 0.717) is 5.95 Å². The van der Waals surface area contributed by atoms with Gasteiger partial charge in [-0.25, -0.2) is 10.8 Å². The number of hydrogen-bond acceptors (Lipinski definition) is 6. The van der Waals surface area contributed by atoms with Crippen LogP contribution < -0.4 is 16.2 Å². The fourth-order valence-corrected chi connectivity index (χ4v) is 3.57. The Bertz CT molecular complexity index is 567. The maximum Gasteiger partial charge on any atom is 0.240 e. The smallest absolute Gasteiger partial charge is 0.240 e. The second-order valence-corrected chi connectivity index (χ2v) is 5.94. The molecule has 5 nitrogen and oxygen atoms in total. The molecule has 0 bridgehead atoms. The van der Waals surface area contributed by atoms with E-state index in [-0.39, 0.29) is 0 Å². The normalized spacial score (nSPS) is 19.3. The lowest BCUT2D eigenvalue weighted by molar-refractivity contribution is 0.529. The number of fused-ring (bicyclic) bond motifs is 1. The van der Waals surface area contributed by atoms with E-state index in [1.54, 1.807) is 11.3 Å². The molecule has 1 aliphatic rings. The lowest BCUT2D eigenvalue weighted by Gasteiger charge is -2.19. The van der Waals surface area contributed by atoms with Crippen molar-refractivity contribution in [2.24, 2.45) is 11.8 Å². The van der Waals surface area contributed by atoms with Gasteiger partial charge in [0.1, 0.15) is 10.6 Å². The predicted octanol–water partition coefficient (Wildman–Crippen LogP) is 2.60. The van der Waals surface area contributed by atoms with Gasteiger partial charge < -0.3 is 4.90 Å². The number of nitrogens with zero attached hydrogens (tertiary/aromatic N) is 3. The van der Waals surface area contributed by atoms with Crippen molar-refractivity contribution >= 4 is 33.3 Å². The van der Waals surface area contributed by atoms with Crippen molar-refractivity contribution in [2.45, 2.75) is 26.2 Å². The van der Waals surface area contributed by atoms with Crippen LogP contribution in [0.1, 0.15) is 26.2 Å². The van der Waals surface area contributed by atoms with E-state index >= 15 is 0 Å². The molecule has 102 valence electrons. The molecule has 0 radical (unpaired) electrons. The highest BCUT2D eigenvalue weighted by Crippen LogP contribution is 2.33. The van der Waals surface area contributed by atoms with Crippen molar-refractivity contribution in [1.82, 2.24) is 9.97 Å². The average molecular weight is 277 g/mol. The van der Waals surface area contributed by atoms with Gasteiger partial charge >= 0.3 is 0 Å². The first kappa shape index (κ1) is 12.6. The second-order valence-electron chi connectivity index (χ2n) is 5.04. The Labute approximate surface area is 116 Å². The second kappa shape index (κ2) is 5.30. The summed E-state index contributed by atoms with van der Waals surface area (Å²) in [7, 11) is 0. The van der Waals surface area contributed by atoms with Gasteiger partial charge in [0.2, 0.25) is 5.95 Å². The first-order valence-corrected chi connectivity index (χ1v) is 7.66. The number of nitrogen functional groups attached to an aromatic ring is 1. The molecule has 2 aromatic rings. The number of hydrogen-bond donors (Lipinski definition) is 2. The van der Waals surface area contributed by atoms with Crippen molar-refractivity contribution in [3.05, 3.63) is 11.4 Å². The summed E-state index contributed by atoms with van der Waals surface area (Å²) in [5.74, 6) is 7.79. The molecule has 1 fully saturated rings. The van der Waals surface area contributed by atoms with E-state index in [1.165, 1.54) is 19.3 Å². The third-order valence-corrected chi connectivity index (χ3v) is 4.52. The van der Waals surface area contributed by atoms with E-state index in [1.807, 2.05) is 0 Å². The molecule has 19 heavy (non-hydrogen) atoms. The van der Waals surface area contributed by atoms with Gasteiger partial charge in [0.15, 0.2) is 0 Å². The van der Waals surface area contributed by atoms with Crippen LogP contribution in [-0.2, 0) is 0 Å². The van der Waals surface area contributed by atoms with Gasteiger partial charge in [-0.15, -0.1) is 11.3 Å². The van der Waals surface area contributed by atoms with E-state index in [0.717, 1.165) is 35.0 Å². The minimum absolute atomic E-state index is 0.504. The first-order valence-electron chi connectivity index (χ1n) is 6.78. The van der Waals surface area contributed by atoms with Crippen LogP contribution in [0, 0.1) is 5.92 Å². The van der Waals surface area contributed by atoms with Gasteiger partial charge in [-0.2, -0.15) is 4.98 Å². The van der Waals surface area contributed by atoms with E-state index in [9.17, 15) is 0 Å². The molecule has 3 heterocycles. The lowest BCUT2D eigenvalue weighted by Crippen LogP contribution is -2.22. The zero-order valence-corrected chi connectivity index (χ0v) is 11.9. The number of nitrogens with one attached hydrogen (secondary N) is 1. The Balaban J connectivity index is 1.93. The monoisotopic (exact) mass is 277 g/mol. The molecule has 3 rings (SSSR count). The van der Waals surface area contributed by atoms with Crippen LogP contribution in [0.25, 0.3) is 10.2 Å². The largest absolute Gasteiger partial charge is 0.356 e. The summed E-state index contributed by atoms with van der Waals surface area (Å²) < 4.78 is 0. The Morgan fingerprint density at radius 3 is 3.21 bits per heavy atom. The van der Waals surface area contributed by atoms with Crippen molar-refractivity contribution in [3.8, 4) is 0 Å². The van der Waals surface area contributed by atoms with Crippen LogP contribution in [0.2, 0.25) is 0 Å². The fourth-order valence-electron chi connectivity index (χ4n) is 2.81. The summed E-state index contributed by atoms with van der Waals surface area (Å²) in [6.45, 7) is 4.43. The molecule has 1 atom stereocenters. The predicted molar refractivity (Wildman–Crippen MR) is 80.5 cm³/mol. The molecule has 1 aliphatic heterocycles. The van der Waals surface area contributed by atoms with Crippen LogP contribution in [0.3, 0.4) is 0 Å². The summed E-state index contributed by atoms with van der Waals surface area (Å²) in [6.07, 6.45) is 3.82. The fraction of sp³-hybridized carbons (Fsp3) is 0.538. The van der Waals surface area contributed by atoms with Gasteiger partial charge in [0, 0.05) is 13.1 Å². The van der Waals surface area contributed by atoms with Gasteiger partial charge in [-0.3, -0.25) is 5.43 Å². The van der Waals surface area contributed by atoms with E-state index in [2.05, 4.69) is 38.7 Å². The van der Waals surface area contributed by atoms with Crippen molar-refractivity contribution < 1.29 is 0 Å². The molecule has 0 saturated carbocycles. The summed E-state index contributed by atoms with van der Waals surface area (Å²) in [6, 6.07) is 2.10. The number of anilines is 2. The molecule has 0 spiro atoms. The SMILES string of the molecule is CCCC1CCN(c2nc(NN)nc3sccc23)C1. The highest BCUT2D eigenvalue weighted by molar-refractivity contribution is 7.16. The topological polar surface area (TPSA) is 67.1 Å². The van der Waals surface area contributed by atoms with Crippen LogP contribution in [-0.4, -0.2) is 23.1 Å². The number of nitrogens with two attached hydrogens (primary N) is 1. The van der Waals surface area contributed by atoms with Gasteiger partial charge in [0.25, 0.3) is 0 Å². The molecule has 0 aliphatic carbocycles. The van der Waals surface area contributed by atoms with E-state index in [4.69, 9.17) is 5.84 Å². The number of thiophene rings is 1. The van der Waals surface area contributed by atoms with Crippen molar-refractivity contribution in [1.29, 1.82) is 0 Å². The van der Waals surface area contributed by atoms with Crippen LogP contribution >= 0.6 is 11.3 Å². The summed E-state index contributed by atoms with van der Waals surface area (Å²) >= 11 is 1.63. The Kier molecular flexibility index (Phi) is 3.52. The van der Waals surface area contributed by atoms with Crippen LogP contribution in [0.4, 0.5) is 11.8 Å². The van der Waals surface area contributed by atoms with Crippen molar-refractivity contribution in [3.63, 3.8) is 0 Å². The lowest BCUT2D eigenvalue weighted by atomic mass is 10.0. The average Bonchev–Trinajstić information content (AvgIpc) is 3.06. The number of hydrazine groups is 1. The minimum atomic E-state index is 0.504. The molecule has 1 saturated heterocycles. The summed E-state index contributed by atoms with van der Waals surface area (Å²) in [4.78, 5) is 12.3. The Morgan fingerprint density at radius 2 is 2.42 bits per heavy atom. The molecule has 0 amide bonds. The first-order chi connectivity index (χ1) is 9.31. The number of aromatic nitrogens is 2. The molecular weight excluding hydrogens is 258 g/mol. The maximum absolute atomic E-state index is 5.46. The van der Waals surface area contributed by atoms with Crippen molar-refractivity contribution in [2.75, 3.05) is 23.4 Å². The highest BCUT2D eigenvalue weighted by atomic mass is 32.1. The third kappa shape index (κ3) is 2.37. The zero-order chi connectivity index (χ0) is 13.2. The minimum Gasteiger partial charge on any atom is -0.356 e. The third-order valence-electron chi connectivity index (χ3n) is 3.72. The molecule has 6 heteroatoms. The molecule has 3 N–H and O–H groups in total. The molecular formula is C13H19N5S. The standard InChI is InChI=1S/C13H19N5S/c1-2-3-9-4-6-18(8-9)11-10-5-7-19-12(10)16-13(15-11)17-14/h5,7,9H,2-4,6,8,14H2,1H3,(H,15,16,17). The molecule has 0 aromatic carbocycles. The number of rotatable bonds is 4. The Morgan fingerprint density at radius 1 is 1.53 bits per heavy atom. The zero-order valence-electron chi connectivity index (χ0n) is 11.1. The van der Waals surface area contributed by atoms with Gasteiger partial charge in [-0.1, -0.05) is 13.3 Å². The summed E-state index contributed by atoms with van der Waals surface area (Å²) in [5.41, 5.74) is 2.57. The van der Waals surface area contributed by atoms with Crippen LogP contribution in [0.15, 0.2) is 11.4 Å². The quantitative estimate of drug-likeness (QED) is 0.664. The molecule has 1 unspecified atom stereocenters. The Hall–Kier alpha value is -1.40. The summed E-state index contributed by atoms with van der Waals surface area (Å²) in [5, 5.41) is 3.20. The van der Waals surface area contributed by atoms with E-state index < -0.39 is 0 Å². The van der Waals surface area contributed by atoms with Gasteiger partial charge in [0.05, 0.1) is 5.39 Å². The maximum atomic E-state index is 5.46.